The summed E-state index contributed by atoms with van der Waals surface area (Å²) in [6, 6.07) is 6.37. The number of nitrogen functional groups attached to an aromatic ring is 1. The van der Waals surface area contributed by atoms with Crippen LogP contribution in [0.15, 0.2) is 18.2 Å². The van der Waals surface area contributed by atoms with Crippen LogP contribution in [-0.2, 0) is 17.8 Å². The highest BCUT2D eigenvalue weighted by atomic mass is 16.5. The molecule has 0 radical (unpaired) electrons. The van der Waals surface area contributed by atoms with E-state index < -0.39 is 0 Å². The van der Waals surface area contributed by atoms with E-state index in [4.69, 9.17) is 10.5 Å². The molecule has 1 aromatic carbocycles. The summed E-state index contributed by atoms with van der Waals surface area (Å²) in [5.41, 5.74) is 11.8. The summed E-state index contributed by atoms with van der Waals surface area (Å²) in [5, 5.41) is 4.47. The van der Waals surface area contributed by atoms with Gasteiger partial charge in [0.1, 0.15) is 0 Å². The molecule has 2 N–H and O–H groups in total. The monoisotopic (exact) mass is 243 g/mol. The van der Waals surface area contributed by atoms with Gasteiger partial charge < -0.3 is 10.5 Å². The number of nitrogens with zero attached hydrogens (tertiary/aromatic N) is 2. The Morgan fingerprint density at radius 1 is 1.33 bits per heavy atom. The molecule has 2 heterocycles. The second kappa shape index (κ2) is 4.14. The summed E-state index contributed by atoms with van der Waals surface area (Å²) in [6.07, 6.45) is 0.868. The van der Waals surface area contributed by atoms with E-state index in [-0.39, 0.29) is 0 Å². The largest absolute Gasteiger partial charge is 0.382 e. The molecule has 0 bridgehead atoms. The van der Waals surface area contributed by atoms with Crippen molar-refractivity contribution >= 4 is 5.82 Å². The van der Waals surface area contributed by atoms with Crippen LogP contribution in [0.2, 0.25) is 0 Å². The quantitative estimate of drug-likeness (QED) is 0.835. The SMILES string of the molecule is Cc1ccc(-n2nc(N)c3c2CCOC3)c(C)c1. The Balaban J connectivity index is 2.17. The Morgan fingerprint density at radius 2 is 2.17 bits per heavy atom. The fraction of sp³-hybridized carbons (Fsp3) is 0.357. The number of nitrogens with two attached hydrogens (primary N) is 1. The normalized spacial score (nSPS) is 14.6. The van der Waals surface area contributed by atoms with Crippen LogP contribution in [-0.4, -0.2) is 16.4 Å². The van der Waals surface area contributed by atoms with Gasteiger partial charge in [-0.15, -0.1) is 0 Å². The highest BCUT2D eigenvalue weighted by Crippen LogP contribution is 2.26. The van der Waals surface area contributed by atoms with Gasteiger partial charge in [0.25, 0.3) is 0 Å². The summed E-state index contributed by atoms with van der Waals surface area (Å²) in [6.45, 7) is 5.51. The maximum absolute atomic E-state index is 5.97. The molecule has 3 rings (SSSR count). The van der Waals surface area contributed by atoms with E-state index in [1.807, 2.05) is 4.68 Å². The topological polar surface area (TPSA) is 53.1 Å². The van der Waals surface area contributed by atoms with Crippen molar-refractivity contribution < 1.29 is 4.74 Å². The molecule has 0 fully saturated rings. The minimum Gasteiger partial charge on any atom is -0.382 e. The number of aromatic nitrogens is 2. The number of fused-ring (bicyclic) bond motifs is 1. The van der Waals surface area contributed by atoms with Crippen molar-refractivity contribution in [2.45, 2.75) is 26.9 Å². The highest BCUT2D eigenvalue weighted by molar-refractivity contribution is 5.50. The lowest BCUT2D eigenvalue weighted by Crippen LogP contribution is -2.13. The number of rotatable bonds is 1. The van der Waals surface area contributed by atoms with Gasteiger partial charge in [-0.25, -0.2) is 4.68 Å². The molecule has 0 aliphatic carbocycles. The second-order valence-electron chi connectivity index (χ2n) is 4.81. The molecule has 0 saturated carbocycles. The average Bonchev–Trinajstić information content (AvgIpc) is 2.68. The van der Waals surface area contributed by atoms with Crippen LogP contribution in [0.5, 0.6) is 0 Å². The maximum Gasteiger partial charge on any atom is 0.151 e. The average molecular weight is 243 g/mol. The smallest absolute Gasteiger partial charge is 0.151 e. The Bertz CT molecular complexity index is 601. The molecule has 0 atom stereocenters. The lowest BCUT2D eigenvalue weighted by atomic mass is 10.1. The predicted octanol–water partition coefficient (Wildman–Crippen LogP) is 2.14. The fourth-order valence-corrected chi connectivity index (χ4v) is 2.50. The van der Waals surface area contributed by atoms with Crippen molar-refractivity contribution in [3.05, 3.63) is 40.6 Å². The first-order valence-corrected chi connectivity index (χ1v) is 6.18. The van der Waals surface area contributed by atoms with Gasteiger partial charge in [-0.3, -0.25) is 0 Å². The van der Waals surface area contributed by atoms with E-state index in [0.29, 0.717) is 12.4 Å². The van der Waals surface area contributed by atoms with E-state index >= 15 is 0 Å². The predicted molar refractivity (Wildman–Crippen MR) is 70.8 cm³/mol. The number of anilines is 1. The molecule has 94 valence electrons. The summed E-state index contributed by atoms with van der Waals surface area (Å²) in [5.74, 6) is 0.588. The minimum absolute atomic E-state index is 0.575. The summed E-state index contributed by atoms with van der Waals surface area (Å²) in [4.78, 5) is 0. The van der Waals surface area contributed by atoms with Crippen LogP contribution in [0.1, 0.15) is 22.4 Å². The molecule has 0 amide bonds. The maximum atomic E-state index is 5.97. The molecule has 4 nitrogen and oxygen atoms in total. The Hall–Kier alpha value is -1.81. The van der Waals surface area contributed by atoms with E-state index in [1.54, 1.807) is 0 Å². The van der Waals surface area contributed by atoms with Gasteiger partial charge in [-0.2, -0.15) is 5.10 Å². The first-order chi connectivity index (χ1) is 8.66. The number of ether oxygens (including phenoxy) is 1. The Morgan fingerprint density at radius 3 is 2.94 bits per heavy atom. The standard InChI is InChI=1S/C14H17N3O/c1-9-3-4-12(10(2)7-9)17-13-5-6-18-8-11(13)14(15)16-17/h3-4,7H,5-6,8H2,1-2H3,(H2,15,16). The zero-order chi connectivity index (χ0) is 12.7. The van der Waals surface area contributed by atoms with Crippen molar-refractivity contribution in [2.75, 3.05) is 12.3 Å². The van der Waals surface area contributed by atoms with Crippen molar-refractivity contribution in [3.63, 3.8) is 0 Å². The third kappa shape index (κ3) is 1.69. The van der Waals surface area contributed by atoms with Crippen LogP contribution in [0, 0.1) is 13.8 Å². The second-order valence-corrected chi connectivity index (χ2v) is 4.81. The summed E-state index contributed by atoms with van der Waals surface area (Å²) in [7, 11) is 0. The van der Waals surface area contributed by atoms with Gasteiger partial charge in [-0.1, -0.05) is 17.7 Å². The lowest BCUT2D eigenvalue weighted by molar-refractivity contribution is 0.110. The van der Waals surface area contributed by atoms with Crippen molar-refractivity contribution in [1.82, 2.24) is 9.78 Å². The molecule has 1 aliphatic rings. The van der Waals surface area contributed by atoms with Gasteiger partial charge in [0.15, 0.2) is 5.82 Å². The first-order valence-electron chi connectivity index (χ1n) is 6.18. The van der Waals surface area contributed by atoms with E-state index in [0.717, 1.165) is 24.3 Å². The number of benzene rings is 1. The zero-order valence-electron chi connectivity index (χ0n) is 10.7. The third-order valence-electron chi connectivity index (χ3n) is 3.43. The van der Waals surface area contributed by atoms with Crippen LogP contribution in [0.25, 0.3) is 5.69 Å². The summed E-state index contributed by atoms with van der Waals surface area (Å²) >= 11 is 0. The van der Waals surface area contributed by atoms with Gasteiger partial charge in [-0.05, 0) is 25.5 Å². The van der Waals surface area contributed by atoms with E-state index in [9.17, 15) is 0 Å². The molecule has 1 aromatic heterocycles. The van der Waals surface area contributed by atoms with Gasteiger partial charge in [0.2, 0.25) is 0 Å². The van der Waals surface area contributed by atoms with Crippen molar-refractivity contribution in [2.24, 2.45) is 0 Å². The van der Waals surface area contributed by atoms with E-state index in [2.05, 4.69) is 37.1 Å². The van der Waals surface area contributed by atoms with Gasteiger partial charge in [0.05, 0.1) is 24.6 Å². The molecular weight excluding hydrogens is 226 g/mol. The Labute approximate surface area is 106 Å². The summed E-state index contributed by atoms with van der Waals surface area (Å²) < 4.78 is 7.42. The van der Waals surface area contributed by atoms with Crippen molar-refractivity contribution in [1.29, 1.82) is 0 Å². The molecular formula is C14H17N3O. The molecule has 0 unspecified atom stereocenters. The van der Waals surface area contributed by atoms with Crippen LogP contribution >= 0.6 is 0 Å². The fourth-order valence-electron chi connectivity index (χ4n) is 2.50. The Kier molecular flexibility index (Phi) is 2.59. The molecule has 4 heteroatoms. The van der Waals surface area contributed by atoms with Crippen LogP contribution < -0.4 is 5.73 Å². The number of aryl methyl sites for hydroxylation is 2. The van der Waals surface area contributed by atoms with Gasteiger partial charge >= 0.3 is 0 Å². The van der Waals surface area contributed by atoms with Gasteiger partial charge in [0, 0.05) is 12.0 Å². The minimum atomic E-state index is 0.575. The molecule has 0 spiro atoms. The molecule has 1 aliphatic heterocycles. The third-order valence-corrected chi connectivity index (χ3v) is 3.43. The van der Waals surface area contributed by atoms with E-state index in [1.165, 1.54) is 16.8 Å². The first kappa shape index (κ1) is 11.3. The van der Waals surface area contributed by atoms with Crippen LogP contribution in [0.3, 0.4) is 0 Å². The molecule has 18 heavy (non-hydrogen) atoms. The zero-order valence-corrected chi connectivity index (χ0v) is 10.7. The molecule has 2 aromatic rings. The molecule has 0 saturated heterocycles. The highest BCUT2D eigenvalue weighted by Gasteiger charge is 2.21. The number of hydrogen-bond acceptors (Lipinski definition) is 3. The van der Waals surface area contributed by atoms with Crippen molar-refractivity contribution in [3.8, 4) is 5.69 Å². The number of hydrogen-bond donors (Lipinski definition) is 1. The van der Waals surface area contributed by atoms with Crippen LogP contribution in [0.4, 0.5) is 5.82 Å². The lowest BCUT2D eigenvalue weighted by Gasteiger charge is -2.15.